The van der Waals surface area contributed by atoms with Gasteiger partial charge in [0.05, 0.1) is 8.95 Å². The van der Waals surface area contributed by atoms with E-state index in [2.05, 4.69) is 47.8 Å². The number of phenolic OH excluding ortho intramolecular Hbond substituents is 1. The molecule has 1 aromatic carbocycles. The highest BCUT2D eigenvalue weighted by Gasteiger charge is 2.11. The number of hydrogen-bond acceptors (Lipinski definition) is 2. The molecule has 0 heterocycles. The van der Waals surface area contributed by atoms with Gasteiger partial charge in [-0.2, -0.15) is 0 Å². The van der Waals surface area contributed by atoms with Gasteiger partial charge in [-0.15, -0.1) is 0 Å². The molecule has 0 spiro atoms. The van der Waals surface area contributed by atoms with Gasteiger partial charge in [0, 0.05) is 10.0 Å². The first-order valence-electron chi connectivity index (χ1n) is 2.89. The lowest BCUT2D eigenvalue weighted by atomic mass is 10.2. The molecule has 0 saturated heterocycles. The number of aromatic hydroxyl groups is 1. The summed E-state index contributed by atoms with van der Waals surface area (Å²) >= 11 is 9.42. The van der Waals surface area contributed by atoms with Gasteiger partial charge < -0.3 is 5.11 Å². The highest BCUT2D eigenvalue weighted by atomic mass is 79.9. The Kier molecular flexibility index (Phi) is 3.31. The van der Waals surface area contributed by atoms with Crippen LogP contribution >= 0.6 is 47.8 Å². The molecule has 0 radical (unpaired) electrons. The van der Waals surface area contributed by atoms with Crippen LogP contribution in [0.15, 0.2) is 19.5 Å². The molecule has 0 atom stereocenters. The Morgan fingerprint density at radius 3 is 2.33 bits per heavy atom. The monoisotopic (exact) mass is 356 g/mol. The Balaban J connectivity index is 3.51. The van der Waals surface area contributed by atoms with Crippen molar-refractivity contribution < 1.29 is 9.90 Å². The van der Waals surface area contributed by atoms with Crippen LogP contribution in [0, 0.1) is 0 Å². The van der Waals surface area contributed by atoms with Crippen LogP contribution < -0.4 is 0 Å². The number of rotatable bonds is 1. The topological polar surface area (TPSA) is 37.3 Å². The normalized spacial score (nSPS) is 9.92. The average molecular weight is 359 g/mol. The number of carbonyl (C=O) groups is 1. The second kappa shape index (κ2) is 3.89. The standard InChI is InChI=1S/C7H3Br3O2/c8-4-1-5(9)7(12)6(10)3(4)2-11/h1-2,12H. The molecule has 0 fully saturated rings. The van der Waals surface area contributed by atoms with E-state index in [1.54, 1.807) is 6.07 Å². The molecule has 0 bridgehead atoms. The first-order chi connectivity index (χ1) is 5.57. The highest BCUT2D eigenvalue weighted by Crippen LogP contribution is 2.38. The molecule has 0 saturated carbocycles. The molecule has 0 aliphatic rings. The van der Waals surface area contributed by atoms with E-state index in [0.717, 1.165) is 0 Å². The Morgan fingerprint density at radius 2 is 1.83 bits per heavy atom. The second-order valence-corrected chi connectivity index (χ2v) is 4.54. The van der Waals surface area contributed by atoms with Gasteiger partial charge in [0.2, 0.25) is 0 Å². The predicted octanol–water partition coefficient (Wildman–Crippen LogP) is 3.49. The van der Waals surface area contributed by atoms with Crippen LogP contribution in [-0.4, -0.2) is 11.4 Å². The molecule has 1 N–H and O–H groups in total. The Hall–Kier alpha value is 0.130. The number of hydrogen-bond donors (Lipinski definition) is 1. The van der Waals surface area contributed by atoms with Crippen LogP contribution in [0.2, 0.25) is 0 Å². The van der Waals surface area contributed by atoms with E-state index < -0.39 is 0 Å². The maximum absolute atomic E-state index is 10.5. The van der Waals surface area contributed by atoms with Crippen molar-refractivity contribution in [2.75, 3.05) is 0 Å². The van der Waals surface area contributed by atoms with Crippen molar-refractivity contribution in [3.63, 3.8) is 0 Å². The summed E-state index contributed by atoms with van der Waals surface area (Å²) in [6, 6.07) is 1.61. The van der Waals surface area contributed by atoms with Crippen LogP contribution in [-0.2, 0) is 0 Å². The van der Waals surface area contributed by atoms with Gasteiger partial charge in [-0.05, 0) is 53.9 Å². The van der Waals surface area contributed by atoms with E-state index in [9.17, 15) is 9.90 Å². The van der Waals surface area contributed by atoms with Gasteiger partial charge in [-0.1, -0.05) is 0 Å². The van der Waals surface area contributed by atoms with Gasteiger partial charge in [0.1, 0.15) is 5.75 Å². The van der Waals surface area contributed by atoms with E-state index in [1.165, 1.54) is 0 Å². The third-order valence-corrected chi connectivity index (χ3v) is 3.36. The number of halogens is 3. The quantitative estimate of drug-likeness (QED) is 0.780. The molecule has 1 rings (SSSR count). The molecule has 1 aromatic rings. The van der Waals surface area contributed by atoms with Crippen molar-refractivity contribution in [3.8, 4) is 5.75 Å². The van der Waals surface area contributed by atoms with Crippen LogP contribution in [0.25, 0.3) is 0 Å². The van der Waals surface area contributed by atoms with E-state index in [1.807, 2.05) is 0 Å². The first kappa shape index (κ1) is 10.2. The fourth-order valence-corrected chi connectivity index (χ4v) is 3.01. The molecule has 0 amide bonds. The fraction of sp³-hybridized carbons (Fsp3) is 0. The van der Waals surface area contributed by atoms with Crippen LogP contribution in [0.1, 0.15) is 10.4 Å². The van der Waals surface area contributed by atoms with E-state index in [4.69, 9.17) is 0 Å². The molecule has 0 aromatic heterocycles. The Labute approximate surface area is 94.4 Å². The molecular formula is C7H3Br3O2. The van der Waals surface area contributed by atoms with Gasteiger partial charge in [0.15, 0.2) is 6.29 Å². The van der Waals surface area contributed by atoms with Crippen molar-refractivity contribution in [1.82, 2.24) is 0 Å². The van der Waals surface area contributed by atoms with E-state index >= 15 is 0 Å². The average Bonchev–Trinajstić information content (AvgIpc) is 2.01. The molecule has 64 valence electrons. The Morgan fingerprint density at radius 1 is 1.25 bits per heavy atom. The number of aldehydes is 1. The summed E-state index contributed by atoms with van der Waals surface area (Å²) in [6.07, 6.45) is 0.667. The maximum Gasteiger partial charge on any atom is 0.152 e. The first-order valence-corrected chi connectivity index (χ1v) is 5.27. The minimum absolute atomic E-state index is 0.0281. The lowest BCUT2D eigenvalue weighted by Gasteiger charge is -2.04. The fourth-order valence-electron chi connectivity index (χ4n) is 0.703. The summed E-state index contributed by atoms with van der Waals surface area (Å²) < 4.78 is 1.56. The molecule has 2 nitrogen and oxygen atoms in total. The van der Waals surface area contributed by atoms with Crippen molar-refractivity contribution in [3.05, 3.63) is 25.0 Å². The second-order valence-electron chi connectivity index (χ2n) is 2.03. The van der Waals surface area contributed by atoms with Crippen LogP contribution in [0.5, 0.6) is 5.75 Å². The summed E-state index contributed by atoms with van der Waals surface area (Å²) in [5, 5.41) is 9.37. The van der Waals surface area contributed by atoms with Gasteiger partial charge in [-0.25, -0.2) is 0 Å². The van der Waals surface area contributed by atoms with Crippen molar-refractivity contribution in [2.45, 2.75) is 0 Å². The van der Waals surface area contributed by atoms with Crippen LogP contribution in [0.3, 0.4) is 0 Å². The molecule has 0 unspecified atom stereocenters. The SMILES string of the molecule is O=Cc1c(Br)cc(Br)c(O)c1Br. The third kappa shape index (κ3) is 1.72. The summed E-state index contributed by atoms with van der Waals surface area (Å²) in [6.45, 7) is 0. The zero-order valence-electron chi connectivity index (χ0n) is 5.64. The summed E-state index contributed by atoms with van der Waals surface area (Å²) in [7, 11) is 0. The molecule has 0 aliphatic carbocycles. The smallest absolute Gasteiger partial charge is 0.152 e. The minimum atomic E-state index is 0.0281. The molecule has 0 aliphatic heterocycles. The van der Waals surface area contributed by atoms with Gasteiger partial charge in [0.25, 0.3) is 0 Å². The lowest BCUT2D eigenvalue weighted by molar-refractivity contribution is 0.112. The summed E-state index contributed by atoms with van der Waals surface area (Å²) in [5.74, 6) is 0.0281. The predicted molar refractivity (Wildman–Crippen MR) is 56.6 cm³/mol. The maximum atomic E-state index is 10.5. The molecule has 5 heteroatoms. The largest absolute Gasteiger partial charge is 0.506 e. The molecular weight excluding hydrogens is 356 g/mol. The molecule has 12 heavy (non-hydrogen) atoms. The van der Waals surface area contributed by atoms with Crippen LogP contribution in [0.4, 0.5) is 0 Å². The Bertz CT molecular complexity index is 336. The highest BCUT2D eigenvalue weighted by molar-refractivity contribution is 9.11. The summed E-state index contributed by atoms with van der Waals surface area (Å²) in [5.41, 5.74) is 0.399. The number of carbonyl (C=O) groups excluding carboxylic acids is 1. The van der Waals surface area contributed by atoms with Gasteiger partial charge >= 0.3 is 0 Å². The van der Waals surface area contributed by atoms with Gasteiger partial charge in [-0.3, -0.25) is 4.79 Å². The van der Waals surface area contributed by atoms with E-state index in [-0.39, 0.29) is 5.75 Å². The van der Waals surface area contributed by atoms with Crippen molar-refractivity contribution in [2.24, 2.45) is 0 Å². The lowest BCUT2D eigenvalue weighted by Crippen LogP contribution is -1.86. The van der Waals surface area contributed by atoms with Crippen molar-refractivity contribution in [1.29, 1.82) is 0 Å². The van der Waals surface area contributed by atoms with E-state index in [0.29, 0.717) is 25.3 Å². The number of benzene rings is 1. The summed E-state index contributed by atoms with van der Waals surface area (Å²) in [4.78, 5) is 10.5. The minimum Gasteiger partial charge on any atom is -0.506 e. The zero-order chi connectivity index (χ0) is 9.30. The van der Waals surface area contributed by atoms with Crippen molar-refractivity contribution >= 4 is 54.1 Å². The number of phenols is 1. The zero-order valence-corrected chi connectivity index (χ0v) is 10.4. The third-order valence-electron chi connectivity index (χ3n) is 1.30.